The number of ether oxygens (including phenoxy) is 1. The molecule has 0 aliphatic carbocycles. The monoisotopic (exact) mass is 427 g/mol. The molecular weight excluding hydrogens is 394 g/mol. The topological polar surface area (TPSA) is 45.7 Å². The number of aromatic nitrogens is 1. The summed E-state index contributed by atoms with van der Waals surface area (Å²) in [6.07, 6.45) is -0.287. The van der Waals surface area contributed by atoms with Gasteiger partial charge in [-0.2, -0.15) is 0 Å². The SMILES string of the molecule is CCN(CC)CC(C(C)C)N(Cc1cccc(Br)n1)C(=O)OC(C)(C)C. The Hall–Kier alpha value is -1.14. The lowest BCUT2D eigenvalue weighted by atomic mass is 10.0. The van der Waals surface area contributed by atoms with Crippen LogP contribution in [-0.4, -0.2) is 52.2 Å². The van der Waals surface area contributed by atoms with Crippen LogP contribution in [-0.2, 0) is 11.3 Å². The molecule has 1 rings (SSSR count). The van der Waals surface area contributed by atoms with Crippen LogP contribution in [0.2, 0.25) is 0 Å². The van der Waals surface area contributed by atoms with Crippen molar-refractivity contribution < 1.29 is 9.53 Å². The summed E-state index contributed by atoms with van der Waals surface area (Å²) < 4.78 is 6.48. The number of nitrogens with zero attached hydrogens (tertiary/aromatic N) is 3. The number of hydrogen-bond acceptors (Lipinski definition) is 4. The van der Waals surface area contributed by atoms with Gasteiger partial charge in [-0.15, -0.1) is 0 Å². The van der Waals surface area contributed by atoms with Crippen LogP contribution >= 0.6 is 15.9 Å². The normalized spacial score (nSPS) is 13.2. The minimum absolute atomic E-state index is 0.0468. The first-order valence-corrected chi connectivity index (χ1v) is 10.2. The molecule has 0 aliphatic rings. The van der Waals surface area contributed by atoms with Crippen LogP contribution in [0.4, 0.5) is 4.79 Å². The molecule has 0 aromatic carbocycles. The zero-order chi connectivity index (χ0) is 19.9. The maximum Gasteiger partial charge on any atom is 0.410 e. The van der Waals surface area contributed by atoms with Crippen molar-refractivity contribution in [3.8, 4) is 0 Å². The zero-order valence-electron chi connectivity index (χ0n) is 17.3. The molecule has 1 atom stereocenters. The fourth-order valence-corrected chi connectivity index (χ4v) is 3.15. The number of halogens is 1. The highest BCUT2D eigenvalue weighted by Gasteiger charge is 2.31. The highest BCUT2D eigenvalue weighted by Crippen LogP contribution is 2.20. The molecule has 1 aromatic rings. The summed E-state index contributed by atoms with van der Waals surface area (Å²) in [5.41, 5.74) is 0.312. The molecule has 0 saturated carbocycles. The molecule has 1 aromatic heterocycles. The highest BCUT2D eigenvalue weighted by atomic mass is 79.9. The molecular formula is C20H34BrN3O2. The average molecular weight is 428 g/mol. The van der Waals surface area contributed by atoms with E-state index < -0.39 is 5.60 Å². The smallest absolute Gasteiger partial charge is 0.410 e. The first-order chi connectivity index (χ1) is 12.1. The third-order valence-electron chi connectivity index (χ3n) is 4.24. The Morgan fingerprint density at radius 2 is 1.85 bits per heavy atom. The maximum atomic E-state index is 13.0. The minimum atomic E-state index is -0.531. The van der Waals surface area contributed by atoms with E-state index in [1.54, 1.807) is 0 Å². The number of amides is 1. The van der Waals surface area contributed by atoms with Gasteiger partial charge in [0, 0.05) is 6.54 Å². The van der Waals surface area contributed by atoms with E-state index in [1.807, 2.05) is 43.9 Å². The second-order valence-electron chi connectivity index (χ2n) is 7.86. The van der Waals surface area contributed by atoms with Gasteiger partial charge in [0.25, 0.3) is 0 Å². The average Bonchev–Trinajstić information content (AvgIpc) is 2.52. The lowest BCUT2D eigenvalue weighted by Crippen LogP contribution is -2.50. The third-order valence-corrected chi connectivity index (χ3v) is 4.68. The van der Waals surface area contributed by atoms with Crippen molar-refractivity contribution in [3.05, 3.63) is 28.5 Å². The van der Waals surface area contributed by atoms with Gasteiger partial charge in [-0.05, 0) is 67.8 Å². The molecule has 0 spiro atoms. The maximum absolute atomic E-state index is 13.0. The standard InChI is InChI=1S/C20H34BrN3O2/c1-8-23(9-2)14-17(15(3)4)24(19(25)26-20(5,6)7)13-16-11-10-12-18(21)22-16/h10-12,15,17H,8-9,13-14H2,1-7H3. The number of carbonyl (C=O) groups excluding carboxylic acids is 1. The summed E-state index contributed by atoms with van der Waals surface area (Å²) in [7, 11) is 0. The molecule has 1 unspecified atom stereocenters. The van der Waals surface area contributed by atoms with Crippen LogP contribution < -0.4 is 0 Å². The Labute approximate surface area is 167 Å². The van der Waals surface area contributed by atoms with Crippen molar-refractivity contribution in [2.24, 2.45) is 5.92 Å². The van der Waals surface area contributed by atoms with E-state index in [0.717, 1.165) is 29.9 Å². The van der Waals surface area contributed by atoms with E-state index in [0.29, 0.717) is 12.5 Å². The van der Waals surface area contributed by atoms with Gasteiger partial charge < -0.3 is 9.64 Å². The quantitative estimate of drug-likeness (QED) is 0.550. The molecule has 1 heterocycles. The molecule has 5 nitrogen and oxygen atoms in total. The molecule has 148 valence electrons. The van der Waals surface area contributed by atoms with Gasteiger partial charge >= 0.3 is 6.09 Å². The molecule has 26 heavy (non-hydrogen) atoms. The molecule has 0 fully saturated rings. The van der Waals surface area contributed by atoms with E-state index in [4.69, 9.17) is 4.74 Å². The summed E-state index contributed by atoms with van der Waals surface area (Å²) in [4.78, 5) is 21.7. The van der Waals surface area contributed by atoms with E-state index >= 15 is 0 Å². The molecule has 0 N–H and O–H groups in total. The first kappa shape index (κ1) is 22.9. The summed E-state index contributed by atoms with van der Waals surface area (Å²) in [6, 6.07) is 5.81. The summed E-state index contributed by atoms with van der Waals surface area (Å²) >= 11 is 3.41. The molecule has 6 heteroatoms. The molecule has 0 aliphatic heterocycles. The van der Waals surface area contributed by atoms with Crippen molar-refractivity contribution in [2.45, 2.75) is 66.7 Å². The van der Waals surface area contributed by atoms with E-state index in [2.05, 4.69) is 53.5 Å². The number of rotatable bonds is 8. The van der Waals surface area contributed by atoms with Gasteiger partial charge in [0.1, 0.15) is 10.2 Å². The van der Waals surface area contributed by atoms with Crippen molar-refractivity contribution >= 4 is 22.0 Å². The Kier molecular flexibility index (Phi) is 9.04. The first-order valence-electron chi connectivity index (χ1n) is 9.40. The van der Waals surface area contributed by atoms with E-state index in [9.17, 15) is 4.79 Å². The van der Waals surface area contributed by atoms with Gasteiger partial charge in [-0.1, -0.05) is 33.8 Å². The predicted octanol–water partition coefficient (Wildman–Crippen LogP) is 4.95. The predicted molar refractivity (Wildman–Crippen MR) is 110 cm³/mol. The Bertz CT molecular complexity index is 568. The van der Waals surface area contributed by atoms with Crippen molar-refractivity contribution in [3.63, 3.8) is 0 Å². The van der Waals surface area contributed by atoms with Crippen LogP contribution in [0, 0.1) is 5.92 Å². The second kappa shape index (κ2) is 10.3. The van der Waals surface area contributed by atoms with Crippen LogP contribution in [0.25, 0.3) is 0 Å². The summed E-state index contributed by atoms with van der Waals surface area (Å²) in [5.74, 6) is 0.301. The summed E-state index contributed by atoms with van der Waals surface area (Å²) in [5, 5.41) is 0. The van der Waals surface area contributed by atoms with Crippen LogP contribution in [0.5, 0.6) is 0 Å². The number of hydrogen-bond donors (Lipinski definition) is 0. The third kappa shape index (κ3) is 7.62. The van der Waals surface area contributed by atoms with Gasteiger partial charge in [0.2, 0.25) is 0 Å². The molecule has 0 bridgehead atoms. The van der Waals surface area contributed by atoms with Gasteiger partial charge in [0.15, 0.2) is 0 Å². The van der Waals surface area contributed by atoms with Crippen molar-refractivity contribution in [1.82, 2.24) is 14.8 Å². The number of carbonyl (C=O) groups is 1. The molecule has 0 saturated heterocycles. The second-order valence-corrected chi connectivity index (χ2v) is 8.67. The Balaban J connectivity index is 3.15. The van der Waals surface area contributed by atoms with Crippen LogP contribution in [0.15, 0.2) is 22.8 Å². The van der Waals surface area contributed by atoms with Crippen molar-refractivity contribution in [1.29, 1.82) is 0 Å². The van der Waals surface area contributed by atoms with Gasteiger partial charge in [0.05, 0.1) is 18.3 Å². The van der Waals surface area contributed by atoms with E-state index in [-0.39, 0.29) is 12.1 Å². The zero-order valence-corrected chi connectivity index (χ0v) is 18.8. The molecule has 0 radical (unpaired) electrons. The van der Waals surface area contributed by atoms with E-state index in [1.165, 1.54) is 0 Å². The Morgan fingerprint density at radius 3 is 2.31 bits per heavy atom. The van der Waals surface area contributed by atoms with Gasteiger partial charge in [-0.25, -0.2) is 9.78 Å². The largest absolute Gasteiger partial charge is 0.444 e. The fraction of sp³-hybridized carbons (Fsp3) is 0.700. The number of likely N-dealkylation sites (N-methyl/N-ethyl adjacent to an activating group) is 1. The van der Waals surface area contributed by atoms with Crippen molar-refractivity contribution in [2.75, 3.05) is 19.6 Å². The summed E-state index contributed by atoms with van der Waals surface area (Å²) in [6.45, 7) is 17.5. The molecule has 1 amide bonds. The number of pyridine rings is 1. The Morgan fingerprint density at radius 1 is 1.23 bits per heavy atom. The minimum Gasteiger partial charge on any atom is -0.444 e. The lowest BCUT2D eigenvalue weighted by Gasteiger charge is -2.38. The lowest BCUT2D eigenvalue weighted by molar-refractivity contribution is 0.00353. The highest BCUT2D eigenvalue weighted by molar-refractivity contribution is 9.10. The van der Waals surface area contributed by atoms with Crippen LogP contribution in [0.1, 0.15) is 54.2 Å². The fourth-order valence-electron chi connectivity index (χ4n) is 2.77. The van der Waals surface area contributed by atoms with Crippen LogP contribution in [0.3, 0.4) is 0 Å². The van der Waals surface area contributed by atoms with Gasteiger partial charge in [-0.3, -0.25) is 4.90 Å².